The molecule has 0 radical (unpaired) electrons. The molecule has 6 atom stereocenters. The lowest BCUT2D eigenvalue weighted by Gasteiger charge is -2.49. The number of carbonyl (C=O) groups is 1. The van der Waals surface area contributed by atoms with Crippen molar-refractivity contribution in [2.24, 2.45) is 17.8 Å². The number of anilines is 1. The molecule has 2 aromatic carbocycles. The zero-order chi connectivity index (χ0) is 33.0. The van der Waals surface area contributed by atoms with E-state index in [1.165, 1.54) is 17.5 Å². The van der Waals surface area contributed by atoms with E-state index in [0.717, 1.165) is 37.8 Å². The lowest BCUT2D eigenvalue weighted by Crippen LogP contribution is -2.51. The Labute approximate surface area is 281 Å². The summed E-state index contributed by atoms with van der Waals surface area (Å²) in [5, 5.41) is 12.3. The van der Waals surface area contributed by atoms with Crippen LogP contribution in [0.2, 0.25) is 5.02 Å². The van der Waals surface area contributed by atoms with Crippen molar-refractivity contribution >= 4 is 33.2 Å². The molecular formula is C36H41ClN4O5S. The zero-order valence-electron chi connectivity index (χ0n) is 26.7. The number of hydrogen-bond acceptors (Lipinski definition) is 8. The Hall–Kier alpha value is -3.47. The average Bonchev–Trinajstić information content (AvgIpc) is 3.19. The first-order valence-electron chi connectivity index (χ1n) is 16.5. The first kappa shape index (κ1) is 32.1. The van der Waals surface area contributed by atoms with Crippen LogP contribution in [0.25, 0.3) is 0 Å². The van der Waals surface area contributed by atoms with Crippen molar-refractivity contribution < 1.29 is 23.1 Å². The molecule has 0 unspecified atom stereocenters. The van der Waals surface area contributed by atoms with E-state index < -0.39 is 26.8 Å². The van der Waals surface area contributed by atoms with Gasteiger partial charge in [0.05, 0.1) is 17.5 Å². The number of hydrogen-bond donors (Lipinski definition) is 2. The third kappa shape index (κ3) is 5.82. The van der Waals surface area contributed by atoms with Gasteiger partial charge in [0.15, 0.2) is 0 Å². The topological polar surface area (TPSA) is 122 Å². The molecule has 4 aliphatic rings. The normalized spacial score (nSPS) is 32.5. The summed E-state index contributed by atoms with van der Waals surface area (Å²) in [6.45, 7) is 5.16. The SMILES string of the molecule is C[C@@H]1[C@@H](C)C/C=C/[C@@](O)(c2cncnc2)[C@@H]2CC[C@H]2CN2C[C@@]3(CCCc4cc(Cl)ccc43)COc3ccc(cc32)C(=O)NS1(=O)=O. The molecule has 2 aliphatic heterocycles. The van der Waals surface area contributed by atoms with Crippen LogP contribution in [-0.2, 0) is 27.5 Å². The summed E-state index contributed by atoms with van der Waals surface area (Å²) in [6.07, 6.45) is 13.5. The van der Waals surface area contributed by atoms with Crippen LogP contribution in [0.15, 0.2) is 67.3 Å². The number of rotatable bonds is 1. The first-order chi connectivity index (χ1) is 22.5. The molecule has 7 rings (SSSR count). The van der Waals surface area contributed by atoms with E-state index in [-0.39, 0.29) is 28.7 Å². The minimum Gasteiger partial charge on any atom is -0.490 e. The number of halogens is 1. The predicted molar refractivity (Wildman–Crippen MR) is 181 cm³/mol. The molecule has 1 spiro atoms. The number of aliphatic hydroxyl groups is 1. The Kier molecular flexibility index (Phi) is 8.33. The Balaban J connectivity index is 1.35. The molecule has 1 fully saturated rings. The second-order valence-corrected chi connectivity index (χ2v) is 16.5. The van der Waals surface area contributed by atoms with Crippen LogP contribution in [0, 0.1) is 17.8 Å². The van der Waals surface area contributed by atoms with Crippen molar-refractivity contribution in [3.63, 3.8) is 0 Å². The Morgan fingerprint density at radius 3 is 2.68 bits per heavy atom. The fraction of sp³-hybridized carbons (Fsp3) is 0.472. The lowest BCUT2D eigenvalue weighted by molar-refractivity contribution is -0.0504. The first-order valence-corrected chi connectivity index (χ1v) is 18.4. The van der Waals surface area contributed by atoms with Gasteiger partial charge in [0.2, 0.25) is 10.0 Å². The number of allylic oxidation sites excluding steroid dienone is 1. The summed E-state index contributed by atoms with van der Waals surface area (Å²) >= 11 is 6.43. The molecule has 2 N–H and O–H groups in total. The third-order valence-corrected chi connectivity index (χ3v) is 13.3. The average molecular weight is 677 g/mol. The molecule has 1 saturated carbocycles. The molecule has 3 aromatic rings. The van der Waals surface area contributed by atoms with E-state index in [2.05, 4.69) is 31.7 Å². The van der Waals surface area contributed by atoms with Gasteiger partial charge in [0.1, 0.15) is 17.7 Å². The van der Waals surface area contributed by atoms with Gasteiger partial charge in [-0.2, -0.15) is 0 Å². The highest BCUT2D eigenvalue weighted by Gasteiger charge is 2.49. The van der Waals surface area contributed by atoms with E-state index in [0.29, 0.717) is 42.5 Å². The van der Waals surface area contributed by atoms with E-state index in [1.54, 1.807) is 37.5 Å². The number of nitrogens with one attached hydrogen (secondary N) is 1. The van der Waals surface area contributed by atoms with Gasteiger partial charge in [-0.05, 0) is 98.7 Å². The van der Waals surface area contributed by atoms with Gasteiger partial charge in [0.25, 0.3) is 5.91 Å². The molecule has 1 aromatic heterocycles. The van der Waals surface area contributed by atoms with Crippen molar-refractivity contribution in [2.45, 2.75) is 68.6 Å². The van der Waals surface area contributed by atoms with Gasteiger partial charge in [0, 0.05) is 53.0 Å². The minimum atomic E-state index is -4.00. The molecule has 11 heteroatoms. The Morgan fingerprint density at radius 1 is 1.11 bits per heavy atom. The predicted octanol–water partition coefficient (Wildman–Crippen LogP) is 5.56. The fourth-order valence-corrected chi connectivity index (χ4v) is 9.57. The summed E-state index contributed by atoms with van der Waals surface area (Å²) < 4.78 is 35.7. The monoisotopic (exact) mass is 676 g/mol. The number of aromatic nitrogens is 2. The number of ether oxygens (including phenoxy) is 1. The minimum absolute atomic E-state index is 0.114. The highest BCUT2D eigenvalue weighted by Crippen LogP contribution is 2.50. The van der Waals surface area contributed by atoms with Gasteiger partial charge in [-0.25, -0.2) is 23.1 Å². The maximum absolute atomic E-state index is 13.5. The van der Waals surface area contributed by atoms with Gasteiger partial charge in [-0.1, -0.05) is 36.7 Å². The molecule has 3 heterocycles. The van der Waals surface area contributed by atoms with Crippen LogP contribution in [0.1, 0.15) is 73.0 Å². The maximum atomic E-state index is 13.5. The number of benzene rings is 2. The van der Waals surface area contributed by atoms with Crippen LogP contribution < -0.4 is 14.4 Å². The summed E-state index contributed by atoms with van der Waals surface area (Å²) in [5.41, 5.74) is 2.41. The number of carbonyl (C=O) groups excluding carboxylic acids is 1. The largest absolute Gasteiger partial charge is 0.490 e. The number of nitrogens with zero attached hydrogens (tertiary/aromatic N) is 3. The van der Waals surface area contributed by atoms with Crippen LogP contribution in [0.4, 0.5) is 5.69 Å². The number of amides is 1. The molecule has 47 heavy (non-hydrogen) atoms. The molecular weight excluding hydrogens is 636 g/mol. The third-order valence-electron chi connectivity index (χ3n) is 11.2. The van der Waals surface area contributed by atoms with Crippen LogP contribution in [0.3, 0.4) is 0 Å². The van der Waals surface area contributed by atoms with Gasteiger partial charge >= 0.3 is 0 Å². The van der Waals surface area contributed by atoms with Gasteiger partial charge < -0.3 is 14.7 Å². The van der Waals surface area contributed by atoms with E-state index in [4.69, 9.17) is 16.3 Å². The van der Waals surface area contributed by atoms with Crippen LogP contribution in [0.5, 0.6) is 5.75 Å². The maximum Gasteiger partial charge on any atom is 0.264 e. The van der Waals surface area contributed by atoms with Crippen LogP contribution in [-0.4, -0.2) is 54.3 Å². The summed E-state index contributed by atoms with van der Waals surface area (Å²) in [6, 6.07) is 11.3. The Bertz CT molecular complexity index is 1820. The van der Waals surface area contributed by atoms with E-state index in [9.17, 15) is 18.3 Å². The molecule has 0 saturated heterocycles. The van der Waals surface area contributed by atoms with Crippen molar-refractivity contribution in [3.8, 4) is 5.75 Å². The van der Waals surface area contributed by atoms with Crippen molar-refractivity contribution in [1.29, 1.82) is 0 Å². The number of sulfonamides is 1. The van der Waals surface area contributed by atoms with Gasteiger partial charge in [-0.15, -0.1) is 0 Å². The standard InChI is InChI=1S/C36H41ClN4O5S/c1-23-5-3-14-36(43,28-17-38-22-39-18-28)31-10-7-27(31)19-41-20-35(13-4-6-25-15-29(37)9-11-30(25)35)21-46-33-12-8-26(16-32(33)41)34(42)40-47(44,45)24(23)2/h3,8-9,11-12,14-18,22-24,27,31,43H,4-7,10,13,19-21H2,1-2H3,(H,40,42)/b14-3+/t23-,24+,27-,31+,35-,36+/m0/s1. The van der Waals surface area contributed by atoms with Crippen molar-refractivity contribution in [3.05, 3.63) is 94.5 Å². The van der Waals surface area contributed by atoms with Gasteiger partial charge in [-0.3, -0.25) is 4.79 Å². The summed E-state index contributed by atoms with van der Waals surface area (Å²) in [7, 11) is -4.00. The fourth-order valence-electron chi connectivity index (χ4n) is 8.09. The Morgan fingerprint density at radius 2 is 1.91 bits per heavy atom. The molecule has 9 nitrogen and oxygen atoms in total. The number of fused-ring (bicyclic) bond motifs is 4. The van der Waals surface area contributed by atoms with E-state index in [1.807, 2.05) is 25.1 Å². The summed E-state index contributed by atoms with van der Waals surface area (Å²) in [4.78, 5) is 24.2. The zero-order valence-corrected chi connectivity index (χ0v) is 28.3. The van der Waals surface area contributed by atoms with Crippen molar-refractivity contribution in [1.82, 2.24) is 14.7 Å². The molecule has 248 valence electrons. The number of aryl methyl sites for hydroxylation is 1. The highest BCUT2D eigenvalue weighted by atomic mass is 35.5. The molecule has 2 aliphatic carbocycles. The smallest absolute Gasteiger partial charge is 0.264 e. The second-order valence-electron chi connectivity index (χ2n) is 14.0. The van der Waals surface area contributed by atoms with Crippen molar-refractivity contribution in [2.75, 3.05) is 24.6 Å². The molecule has 1 amide bonds. The van der Waals surface area contributed by atoms with E-state index >= 15 is 0 Å². The highest BCUT2D eigenvalue weighted by molar-refractivity contribution is 7.90. The lowest BCUT2D eigenvalue weighted by atomic mass is 9.62. The van der Waals surface area contributed by atoms with Crippen LogP contribution >= 0.6 is 11.6 Å². The summed E-state index contributed by atoms with van der Waals surface area (Å²) in [5.74, 6) is -0.345. The second kappa shape index (κ2) is 12.2. The quantitative estimate of drug-likeness (QED) is 0.322. The molecule has 2 bridgehead atoms.